The monoisotopic (exact) mass is 81.1 g/mol. The van der Waals surface area contributed by atoms with E-state index in [9.17, 15) is 0 Å². The Bertz CT molecular complexity index is 107. The van der Waals surface area contributed by atoms with Crippen LogP contribution in [0.2, 0.25) is 0 Å². The lowest BCUT2D eigenvalue weighted by Crippen LogP contribution is -1.54. The van der Waals surface area contributed by atoms with Gasteiger partial charge in [0.25, 0.3) is 0 Å². The first kappa shape index (κ1) is 2.84. The lowest BCUT2D eigenvalue weighted by Gasteiger charge is -1.63. The summed E-state index contributed by atoms with van der Waals surface area (Å²) in [5.74, 6) is 0. The van der Waals surface area contributed by atoms with Gasteiger partial charge >= 0.3 is 0 Å². The molecule has 0 aliphatic heterocycles. The molecule has 6 heavy (non-hydrogen) atoms. The quantitative estimate of drug-likeness (QED) is 0.307. The summed E-state index contributed by atoms with van der Waals surface area (Å²) in [7, 11) is 0. The highest BCUT2D eigenvalue weighted by molar-refractivity contribution is 5.36. The second kappa shape index (κ2) is 0.481. The Balaban J connectivity index is 2.36. The second-order valence-corrected chi connectivity index (χ2v) is 2.56. The molecule has 0 heterocycles. The number of hydrogen-bond acceptors (Lipinski definition) is 0. The van der Waals surface area contributed by atoms with Crippen LogP contribution in [0.5, 0.6) is 0 Å². The minimum atomic E-state index is 0.764. The van der Waals surface area contributed by atoms with Crippen LogP contribution in [0.3, 0.4) is 0 Å². The van der Waals surface area contributed by atoms with Gasteiger partial charge in [0.05, 0.1) is 0 Å². The van der Waals surface area contributed by atoms with Crippen LogP contribution in [-0.4, -0.2) is 0 Å². The molecule has 0 saturated heterocycles. The van der Waals surface area contributed by atoms with Gasteiger partial charge in [-0.05, 0) is 24.7 Å². The first-order valence-electron chi connectivity index (χ1n) is 2.52. The lowest BCUT2D eigenvalue weighted by molar-refractivity contribution is 0.940. The van der Waals surface area contributed by atoms with Gasteiger partial charge in [-0.1, -0.05) is 12.2 Å². The highest BCUT2D eigenvalue weighted by atomic mass is 14.6. The topological polar surface area (TPSA) is 0 Å². The van der Waals surface area contributed by atoms with E-state index < -0.39 is 0 Å². The number of allylic oxidation sites excluding steroid dienone is 1. The molecule has 1 spiro atoms. The molecule has 0 atom stereocenters. The normalized spacial score (nSPS) is 34.3. The highest BCUT2D eigenvalue weighted by Gasteiger charge is 2.56. The SMILES string of the molecule is [13CH2]=C1CC12CC2. The summed E-state index contributed by atoms with van der Waals surface area (Å²) < 4.78 is 0. The Kier molecular flexibility index (Phi) is 0.228. The Morgan fingerprint density at radius 2 is 2.00 bits per heavy atom. The summed E-state index contributed by atoms with van der Waals surface area (Å²) in [5, 5.41) is 0. The van der Waals surface area contributed by atoms with Crippen molar-refractivity contribution in [3.63, 3.8) is 0 Å². The zero-order valence-electron chi connectivity index (χ0n) is 3.83. The average molecular weight is 81.1 g/mol. The van der Waals surface area contributed by atoms with Crippen molar-refractivity contribution in [2.45, 2.75) is 19.3 Å². The summed E-state index contributed by atoms with van der Waals surface area (Å²) in [5.41, 5.74) is 2.28. The summed E-state index contributed by atoms with van der Waals surface area (Å²) in [6.07, 6.45) is 4.25. The molecule has 0 aromatic carbocycles. The molecule has 0 nitrogen and oxygen atoms in total. The zero-order chi connectivity index (χ0) is 4.20. The average Bonchev–Trinajstić information content (AvgIpc) is 2.25. The van der Waals surface area contributed by atoms with E-state index in [0.29, 0.717) is 0 Å². The van der Waals surface area contributed by atoms with E-state index in [0.717, 1.165) is 5.41 Å². The summed E-state index contributed by atoms with van der Waals surface area (Å²) >= 11 is 0. The van der Waals surface area contributed by atoms with Crippen LogP contribution in [0.1, 0.15) is 19.3 Å². The molecule has 0 aromatic heterocycles. The summed E-state index contributed by atoms with van der Waals surface area (Å²) in [6.45, 7) is 3.88. The van der Waals surface area contributed by atoms with Crippen molar-refractivity contribution in [3.8, 4) is 0 Å². The molecule has 0 heteroatoms. The van der Waals surface area contributed by atoms with Gasteiger partial charge in [-0.2, -0.15) is 0 Å². The molecule has 2 fully saturated rings. The van der Waals surface area contributed by atoms with Crippen molar-refractivity contribution in [1.82, 2.24) is 0 Å². The van der Waals surface area contributed by atoms with Crippen molar-refractivity contribution < 1.29 is 0 Å². The maximum Gasteiger partial charge on any atom is -0.00526 e. The molecule has 0 unspecified atom stereocenters. The molecular formula is C6H8. The smallest absolute Gasteiger partial charge is 0.00526 e. The molecule has 2 aliphatic carbocycles. The molecule has 2 rings (SSSR count). The summed E-state index contributed by atoms with van der Waals surface area (Å²) in [4.78, 5) is 0. The number of hydrogen-bond donors (Lipinski definition) is 0. The molecule has 32 valence electrons. The minimum absolute atomic E-state index is 0.764. The Hall–Kier alpha value is -0.260. The molecule has 0 amide bonds. The van der Waals surface area contributed by atoms with Crippen molar-refractivity contribution in [3.05, 3.63) is 12.2 Å². The van der Waals surface area contributed by atoms with Crippen molar-refractivity contribution >= 4 is 0 Å². The standard InChI is InChI=1S/C6H8/c1-5-4-6(5)2-3-6/h1-4H2/i1+1. The third-order valence-electron chi connectivity index (χ3n) is 2.03. The zero-order valence-corrected chi connectivity index (χ0v) is 3.83. The first-order chi connectivity index (χ1) is 2.83. The largest absolute Gasteiger partial charge is 0.0993 e. The van der Waals surface area contributed by atoms with E-state index in [1.807, 2.05) is 0 Å². The Morgan fingerprint density at radius 3 is 2.00 bits per heavy atom. The van der Waals surface area contributed by atoms with E-state index in [1.54, 1.807) is 0 Å². The molecule has 0 bridgehead atoms. The predicted molar refractivity (Wildman–Crippen MR) is 25.4 cm³/mol. The van der Waals surface area contributed by atoms with Crippen molar-refractivity contribution in [2.24, 2.45) is 5.41 Å². The number of rotatable bonds is 0. The van der Waals surface area contributed by atoms with Gasteiger partial charge in [-0.3, -0.25) is 0 Å². The van der Waals surface area contributed by atoms with Gasteiger partial charge in [0.1, 0.15) is 0 Å². The van der Waals surface area contributed by atoms with Crippen molar-refractivity contribution in [1.29, 1.82) is 0 Å². The fraction of sp³-hybridized carbons (Fsp3) is 0.667. The van der Waals surface area contributed by atoms with E-state index in [-0.39, 0.29) is 0 Å². The van der Waals surface area contributed by atoms with Gasteiger partial charge in [0.15, 0.2) is 0 Å². The fourth-order valence-electron chi connectivity index (χ4n) is 1.05. The molecule has 0 aromatic rings. The van der Waals surface area contributed by atoms with Crippen LogP contribution in [0.4, 0.5) is 0 Å². The van der Waals surface area contributed by atoms with Crippen LogP contribution < -0.4 is 0 Å². The Labute approximate surface area is 37.9 Å². The van der Waals surface area contributed by atoms with E-state index >= 15 is 0 Å². The molecule has 2 saturated carbocycles. The predicted octanol–water partition coefficient (Wildman–Crippen LogP) is 1.73. The highest BCUT2D eigenvalue weighted by Crippen LogP contribution is 2.69. The van der Waals surface area contributed by atoms with Gasteiger partial charge in [-0.15, -0.1) is 0 Å². The minimum Gasteiger partial charge on any atom is -0.0993 e. The Morgan fingerprint density at radius 1 is 1.50 bits per heavy atom. The third-order valence-corrected chi connectivity index (χ3v) is 2.03. The molecule has 2 aliphatic rings. The third kappa shape index (κ3) is 0.149. The molecule has 0 radical (unpaired) electrons. The maximum atomic E-state index is 3.88. The molecule has 0 N–H and O–H groups in total. The van der Waals surface area contributed by atoms with Crippen LogP contribution >= 0.6 is 0 Å². The van der Waals surface area contributed by atoms with Gasteiger partial charge in [-0.25, -0.2) is 0 Å². The van der Waals surface area contributed by atoms with Crippen LogP contribution in [0.15, 0.2) is 12.2 Å². The van der Waals surface area contributed by atoms with Crippen LogP contribution in [0.25, 0.3) is 0 Å². The maximum absolute atomic E-state index is 3.88. The van der Waals surface area contributed by atoms with Crippen LogP contribution in [-0.2, 0) is 0 Å². The lowest BCUT2D eigenvalue weighted by atomic mass is 10.4. The molecular weight excluding hydrogens is 73.1 g/mol. The first-order valence-corrected chi connectivity index (χ1v) is 2.52. The van der Waals surface area contributed by atoms with Crippen LogP contribution in [0, 0.1) is 5.41 Å². The van der Waals surface area contributed by atoms with E-state index in [4.69, 9.17) is 0 Å². The fourth-order valence-corrected chi connectivity index (χ4v) is 1.05. The van der Waals surface area contributed by atoms with E-state index in [2.05, 4.69) is 6.58 Å². The van der Waals surface area contributed by atoms with Gasteiger partial charge in [0, 0.05) is 0 Å². The second-order valence-electron chi connectivity index (χ2n) is 2.56. The van der Waals surface area contributed by atoms with Crippen molar-refractivity contribution in [2.75, 3.05) is 0 Å². The summed E-state index contributed by atoms with van der Waals surface area (Å²) in [6, 6.07) is 0. The van der Waals surface area contributed by atoms with Gasteiger partial charge < -0.3 is 0 Å². The van der Waals surface area contributed by atoms with E-state index in [1.165, 1.54) is 24.8 Å². The van der Waals surface area contributed by atoms with Gasteiger partial charge in [0.2, 0.25) is 0 Å².